The van der Waals surface area contributed by atoms with Gasteiger partial charge in [0.25, 0.3) is 0 Å². The molecule has 1 saturated heterocycles. The van der Waals surface area contributed by atoms with Crippen molar-refractivity contribution in [2.45, 2.75) is 12.8 Å². The smallest absolute Gasteiger partial charge is 0.153 e. The summed E-state index contributed by atoms with van der Waals surface area (Å²) in [5.74, 6) is 1.06. The highest BCUT2D eigenvalue weighted by Crippen LogP contribution is 2.17. The van der Waals surface area contributed by atoms with E-state index in [4.69, 9.17) is 0 Å². The summed E-state index contributed by atoms with van der Waals surface area (Å²) in [4.78, 5) is 6.49. The van der Waals surface area contributed by atoms with Gasteiger partial charge in [-0.05, 0) is 25.0 Å². The zero-order valence-electron chi connectivity index (χ0n) is 7.93. The summed E-state index contributed by atoms with van der Waals surface area (Å²) in [6.45, 7) is 2.26. The van der Waals surface area contributed by atoms with E-state index < -0.39 is 0 Å². The molecule has 0 unspecified atom stereocenters. The molecule has 0 radical (unpaired) electrons. The molecule has 2 aromatic rings. The Morgan fingerprint density at radius 2 is 2.00 bits per heavy atom. The van der Waals surface area contributed by atoms with Gasteiger partial charge in [-0.1, -0.05) is 0 Å². The summed E-state index contributed by atoms with van der Waals surface area (Å²) in [7, 11) is 0. The third-order valence-corrected chi connectivity index (χ3v) is 2.67. The average molecular weight is 188 g/mol. The van der Waals surface area contributed by atoms with Crippen molar-refractivity contribution in [3.63, 3.8) is 0 Å². The number of hydrogen-bond donors (Lipinski definition) is 0. The molecule has 2 aromatic heterocycles. The molecule has 0 amide bonds. The van der Waals surface area contributed by atoms with Crippen LogP contribution in [0.5, 0.6) is 0 Å². The number of imidazole rings is 1. The second kappa shape index (κ2) is 2.97. The van der Waals surface area contributed by atoms with E-state index in [0.717, 1.165) is 24.6 Å². The van der Waals surface area contributed by atoms with Crippen LogP contribution in [0, 0.1) is 0 Å². The Hall–Kier alpha value is -1.58. The van der Waals surface area contributed by atoms with Gasteiger partial charge in [0.15, 0.2) is 5.65 Å². The molecule has 4 nitrogen and oxygen atoms in total. The van der Waals surface area contributed by atoms with E-state index in [1.807, 2.05) is 22.8 Å². The molecule has 3 heterocycles. The van der Waals surface area contributed by atoms with Gasteiger partial charge in [-0.2, -0.15) is 0 Å². The highest BCUT2D eigenvalue weighted by Gasteiger charge is 2.13. The minimum atomic E-state index is 0.910. The van der Waals surface area contributed by atoms with Crippen molar-refractivity contribution < 1.29 is 0 Å². The van der Waals surface area contributed by atoms with Crippen molar-refractivity contribution in [2.75, 3.05) is 18.0 Å². The largest absolute Gasteiger partial charge is 0.355 e. The second-order valence-electron chi connectivity index (χ2n) is 3.62. The quantitative estimate of drug-likeness (QED) is 0.677. The van der Waals surface area contributed by atoms with Crippen LogP contribution in [-0.4, -0.2) is 27.7 Å². The monoisotopic (exact) mass is 188 g/mol. The Morgan fingerprint density at radius 3 is 2.86 bits per heavy atom. The molecule has 0 saturated carbocycles. The van der Waals surface area contributed by atoms with Crippen LogP contribution >= 0.6 is 0 Å². The van der Waals surface area contributed by atoms with Crippen LogP contribution < -0.4 is 4.90 Å². The summed E-state index contributed by atoms with van der Waals surface area (Å²) < 4.78 is 1.83. The number of nitrogens with zero attached hydrogens (tertiary/aromatic N) is 4. The van der Waals surface area contributed by atoms with E-state index in [9.17, 15) is 0 Å². The molecule has 0 bridgehead atoms. The van der Waals surface area contributed by atoms with E-state index >= 15 is 0 Å². The van der Waals surface area contributed by atoms with Crippen LogP contribution in [-0.2, 0) is 0 Å². The van der Waals surface area contributed by atoms with E-state index in [1.54, 1.807) is 6.20 Å². The Morgan fingerprint density at radius 1 is 1.14 bits per heavy atom. The van der Waals surface area contributed by atoms with Gasteiger partial charge in [0.05, 0.1) is 0 Å². The first-order valence-electron chi connectivity index (χ1n) is 4.99. The Kier molecular flexibility index (Phi) is 1.65. The van der Waals surface area contributed by atoms with Gasteiger partial charge in [0, 0.05) is 25.5 Å². The SMILES string of the molecule is c1cn2nc(N3CCCC3)ccc2n1. The third kappa shape index (κ3) is 1.14. The fourth-order valence-electron chi connectivity index (χ4n) is 1.92. The molecule has 0 aromatic carbocycles. The number of hydrogen-bond acceptors (Lipinski definition) is 3. The molecule has 0 N–H and O–H groups in total. The van der Waals surface area contributed by atoms with Crippen molar-refractivity contribution in [2.24, 2.45) is 0 Å². The Labute approximate surface area is 82.2 Å². The predicted molar refractivity (Wildman–Crippen MR) is 54.4 cm³/mol. The van der Waals surface area contributed by atoms with Crippen LogP contribution in [0.3, 0.4) is 0 Å². The zero-order chi connectivity index (χ0) is 9.38. The molecular weight excluding hydrogens is 176 g/mol. The van der Waals surface area contributed by atoms with E-state index in [-0.39, 0.29) is 0 Å². The fraction of sp³-hybridized carbons (Fsp3) is 0.400. The highest BCUT2D eigenvalue weighted by atomic mass is 15.3. The van der Waals surface area contributed by atoms with Gasteiger partial charge in [0.1, 0.15) is 5.82 Å². The molecule has 1 aliphatic heterocycles. The minimum absolute atomic E-state index is 0.910. The maximum atomic E-state index is 4.50. The van der Waals surface area contributed by atoms with E-state index in [1.165, 1.54) is 12.8 Å². The van der Waals surface area contributed by atoms with Crippen molar-refractivity contribution in [1.82, 2.24) is 14.6 Å². The Balaban J connectivity index is 2.04. The molecule has 1 aliphatic rings. The molecule has 0 spiro atoms. The number of anilines is 1. The average Bonchev–Trinajstić information content (AvgIpc) is 2.88. The summed E-state index contributed by atoms with van der Waals surface area (Å²) in [6, 6.07) is 4.06. The third-order valence-electron chi connectivity index (χ3n) is 2.67. The fourth-order valence-corrected chi connectivity index (χ4v) is 1.92. The summed E-state index contributed by atoms with van der Waals surface area (Å²) in [6.07, 6.45) is 6.22. The summed E-state index contributed by atoms with van der Waals surface area (Å²) >= 11 is 0. The lowest BCUT2D eigenvalue weighted by molar-refractivity contribution is 0.859. The predicted octanol–water partition coefficient (Wildman–Crippen LogP) is 1.33. The van der Waals surface area contributed by atoms with Crippen molar-refractivity contribution in [1.29, 1.82) is 0 Å². The van der Waals surface area contributed by atoms with Crippen molar-refractivity contribution >= 4 is 11.5 Å². The summed E-state index contributed by atoms with van der Waals surface area (Å²) in [5.41, 5.74) is 0.910. The topological polar surface area (TPSA) is 33.4 Å². The first-order chi connectivity index (χ1) is 6.93. The van der Waals surface area contributed by atoms with Gasteiger partial charge in [-0.3, -0.25) is 0 Å². The van der Waals surface area contributed by atoms with Crippen LogP contribution in [0.15, 0.2) is 24.5 Å². The maximum absolute atomic E-state index is 4.50. The molecule has 1 fully saturated rings. The maximum Gasteiger partial charge on any atom is 0.153 e. The highest BCUT2D eigenvalue weighted by molar-refractivity contribution is 5.46. The van der Waals surface area contributed by atoms with Gasteiger partial charge >= 0.3 is 0 Å². The second-order valence-corrected chi connectivity index (χ2v) is 3.62. The van der Waals surface area contributed by atoms with Gasteiger partial charge in [-0.25, -0.2) is 9.50 Å². The number of aromatic nitrogens is 3. The molecule has 72 valence electrons. The molecule has 0 aliphatic carbocycles. The summed E-state index contributed by atoms with van der Waals surface area (Å²) in [5, 5.41) is 4.50. The molecule has 3 rings (SSSR count). The first-order valence-corrected chi connectivity index (χ1v) is 4.99. The van der Waals surface area contributed by atoms with Gasteiger partial charge in [0.2, 0.25) is 0 Å². The van der Waals surface area contributed by atoms with Gasteiger partial charge in [-0.15, -0.1) is 5.10 Å². The van der Waals surface area contributed by atoms with Crippen LogP contribution in [0.1, 0.15) is 12.8 Å². The van der Waals surface area contributed by atoms with Crippen molar-refractivity contribution in [3.05, 3.63) is 24.5 Å². The lowest BCUT2D eigenvalue weighted by Crippen LogP contribution is -2.19. The first kappa shape index (κ1) is 7.79. The lowest BCUT2D eigenvalue weighted by atomic mass is 10.4. The zero-order valence-corrected chi connectivity index (χ0v) is 7.93. The van der Waals surface area contributed by atoms with Gasteiger partial charge < -0.3 is 4.90 Å². The normalized spacial score (nSPS) is 16.7. The lowest BCUT2D eigenvalue weighted by Gasteiger charge is -2.15. The molecule has 0 atom stereocenters. The van der Waals surface area contributed by atoms with E-state index in [0.29, 0.717) is 0 Å². The number of fused-ring (bicyclic) bond motifs is 1. The molecule has 14 heavy (non-hydrogen) atoms. The molecule has 4 heteroatoms. The standard InChI is InChI=1S/C10H12N4/c1-2-7-13(6-1)10-4-3-9-11-5-8-14(9)12-10/h3-5,8H,1-2,6-7H2. The molecular formula is C10H12N4. The van der Waals surface area contributed by atoms with Crippen LogP contribution in [0.4, 0.5) is 5.82 Å². The van der Waals surface area contributed by atoms with E-state index in [2.05, 4.69) is 15.0 Å². The minimum Gasteiger partial charge on any atom is -0.355 e. The number of rotatable bonds is 1. The Bertz CT molecular complexity index is 442. The van der Waals surface area contributed by atoms with Crippen LogP contribution in [0.2, 0.25) is 0 Å². The van der Waals surface area contributed by atoms with Crippen LogP contribution in [0.25, 0.3) is 5.65 Å². The van der Waals surface area contributed by atoms with Crippen molar-refractivity contribution in [3.8, 4) is 0 Å².